The Balaban J connectivity index is 1.23. The first-order chi connectivity index (χ1) is 19.8. The Kier molecular flexibility index (Phi) is 8.69. The van der Waals surface area contributed by atoms with Crippen molar-refractivity contribution in [3.63, 3.8) is 0 Å². The van der Waals surface area contributed by atoms with Gasteiger partial charge in [0.15, 0.2) is 0 Å². The van der Waals surface area contributed by atoms with E-state index in [0.29, 0.717) is 13.1 Å². The van der Waals surface area contributed by atoms with Crippen LogP contribution in [0.5, 0.6) is 0 Å². The van der Waals surface area contributed by atoms with Crippen molar-refractivity contribution in [2.24, 2.45) is 5.73 Å². The number of nitrogens with two attached hydrogens (primary N) is 1. The van der Waals surface area contributed by atoms with E-state index in [1.54, 1.807) is 0 Å². The van der Waals surface area contributed by atoms with Gasteiger partial charge in [-0.3, -0.25) is 0 Å². The number of aryl methyl sites for hydroxylation is 2. The lowest BCUT2D eigenvalue weighted by atomic mass is 9.99. The van der Waals surface area contributed by atoms with E-state index >= 15 is 0 Å². The number of nitrogens with one attached hydrogen (secondary N) is 3. The number of nitrogens with zero attached hydrogens (tertiary/aromatic N) is 2. The molecule has 214 valence electrons. The molecule has 1 amide bonds. The summed E-state index contributed by atoms with van der Waals surface area (Å²) in [5.74, 6) is 1.96. The largest absolute Gasteiger partial charge is 0.444 e. The first-order valence-electron chi connectivity index (χ1n) is 14.5. The summed E-state index contributed by atoms with van der Waals surface area (Å²) in [6.45, 7) is 6.88. The fraction of sp³-hybridized carbons (Fsp3) is 0.364. The van der Waals surface area contributed by atoms with E-state index in [0.717, 1.165) is 78.0 Å². The highest BCUT2D eigenvalue weighted by Gasteiger charge is 2.15. The second-order valence-electron chi connectivity index (χ2n) is 11.6. The molecule has 2 aromatic heterocycles. The third-order valence-electron chi connectivity index (χ3n) is 7.02. The third-order valence-corrected chi connectivity index (χ3v) is 7.02. The molecule has 0 aliphatic heterocycles. The summed E-state index contributed by atoms with van der Waals surface area (Å²) < 4.78 is 5.27. The molecule has 0 atom stereocenters. The van der Waals surface area contributed by atoms with Gasteiger partial charge in [-0.25, -0.2) is 14.8 Å². The molecule has 5 N–H and O–H groups in total. The first-order valence-corrected chi connectivity index (χ1v) is 14.5. The summed E-state index contributed by atoms with van der Waals surface area (Å²) in [6, 6.07) is 19.5. The van der Waals surface area contributed by atoms with Gasteiger partial charge in [-0.15, -0.1) is 0 Å². The van der Waals surface area contributed by atoms with E-state index in [1.807, 2.05) is 27.0 Å². The minimum absolute atomic E-state index is 0.373. The second-order valence-corrected chi connectivity index (χ2v) is 11.6. The molecule has 8 nitrogen and oxygen atoms in total. The summed E-state index contributed by atoms with van der Waals surface area (Å²) in [6.07, 6.45) is 7.09. The third kappa shape index (κ3) is 7.52. The van der Waals surface area contributed by atoms with Crippen LogP contribution < -0.4 is 11.1 Å². The number of hydrogen-bond donors (Lipinski definition) is 4. The van der Waals surface area contributed by atoms with Crippen LogP contribution >= 0.6 is 0 Å². The van der Waals surface area contributed by atoms with Crippen LogP contribution in [-0.2, 0) is 17.6 Å². The first kappa shape index (κ1) is 28.4. The number of unbranched alkanes of at least 4 members (excludes halogenated alkanes) is 2. The van der Waals surface area contributed by atoms with Gasteiger partial charge in [0, 0.05) is 24.9 Å². The Bertz CT molecular complexity index is 1630. The predicted octanol–water partition coefficient (Wildman–Crippen LogP) is 6.90. The maximum Gasteiger partial charge on any atom is 0.407 e. The molecule has 0 aliphatic rings. The highest BCUT2D eigenvalue weighted by molar-refractivity contribution is 5.91. The molecule has 0 bridgehead atoms. The minimum Gasteiger partial charge on any atom is -0.444 e. The standard InChI is InChI=1S/C33H40N6O2/c1-33(2,3)41-32(40)35-17-7-5-8-30-36-21-29(39-30)25-13-11-22-10-12-23(18-26(22)19-25)24-14-15-27-28(20-24)38-31(37-27)9-4-6-16-34/h10-15,18-21H,4-9,16-17,34H2,1-3H3,(H,35,40)(H,36,39)(H,37,38). The van der Waals surface area contributed by atoms with Gasteiger partial charge in [0.05, 0.1) is 22.9 Å². The van der Waals surface area contributed by atoms with Crippen LogP contribution in [0.3, 0.4) is 0 Å². The number of amides is 1. The van der Waals surface area contributed by atoms with Crippen molar-refractivity contribution in [1.29, 1.82) is 0 Å². The van der Waals surface area contributed by atoms with Crippen molar-refractivity contribution in [3.8, 4) is 22.4 Å². The van der Waals surface area contributed by atoms with E-state index in [-0.39, 0.29) is 6.09 Å². The quantitative estimate of drug-likeness (QED) is 0.133. The topological polar surface area (TPSA) is 122 Å². The number of benzene rings is 3. The Hall–Kier alpha value is -4.17. The van der Waals surface area contributed by atoms with Crippen molar-refractivity contribution in [2.75, 3.05) is 13.1 Å². The van der Waals surface area contributed by atoms with E-state index in [1.165, 1.54) is 16.3 Å². The van der Waals surface area contributed by atoms with Gasteiger partial charge in [0.2, 0.25) is 0 Å². The molecule has 0 unspecified atom stereocenters. The number of carbonyl (C=O) groups excluding carboxylic acids is 1. The summed E-state index contributed by atoms with van der Waals surface area (Å²) >= 11 is 0. The number of alkyl carbamates (subject to hydrolysis) is 1. The average molecular weight is 553 g/mol. The molecule has 5 rings (SSSR count). The maximum atomic E-state index is 11.8. The SMILES string of the molecule is CC(C)(C)OC(=O)NCCCCc1ncc(-c2ccc3ccc(-c4ccc5nc(CCCCN)[nH]c5c4)cc3c2)[nH]1. The van der Waals surface area contributed by atoms with Crippen LogP contribution in [-0.4, -0.2) is 44.7 Å². The summed E-state index contributed by atoms with van der Waals surface area (Å²) in [5.41, 5.74) is 11.6. The molecule has 3 aromatic carbocycles. The molecule has 0 radical (unpaired) electrons. The van der Waals surface area contributed by atoms with Crippen molar-refractivity contribution in [1.82, 2.24) is 25.3 Å². The minimum atomic E-state index is -0.484. The lowest BCUT2D eigenvalue weighted by Crippen LogP contribution is -2.33. The van der Waals surface area contributed by atoms with Gasteiger partial charge >= 0.3 is 6.09 Å². The lowest BCUT2D eigenvalue weighted by molar-refractivity contribution is 0.0527. The van der Waals surface area contributed by atoms with Gasteiger partial charge in [-0.2, -0.15) is 0 Å². The molecule has 2 heterocycles. The van der Waals surface area contributed by atoms with Crippen LogP contribution in [0.1, 0.15) is 58.1 Å². The van der Waals surface area contributed by atoms with Gasteiger partial charge in [-0.1, -0.05) is 30.3 Å². The van der Waals surface area contributed by atoms with Crippen LogP contribution in [0.2, 0.25) is 0 Å². The van der Waals surface area contributed by atoms with Crippen LogP contribution in [0.15, 0.2) is 60.8 Å². The lowest BCUT2D eigenvalue weighted by Gasteiger charge is -2.19. The summed E-state index contributed by atoms with van der Waals surface area (Å²) in [7, 11) is 0. The van der Waals surface area contributed by atoms with Crippen molar-refractivity contribution < 1.29 is 9.53 Å². The molecular weight excluding hydrogens is 512 g/mol. The van der Waals surface area contributed by atoms with Gasteiger partial charge in [0.25, 0.3) is 0 Å². The Morgan fingerprint density at radius 3 is 2.37 bits per heavy atom. The molecule has 0 saturated heterocycles. The number of hydrogen-bond acceptors (Lipinski definition) is 5. The predicted molar refractivity (Wildman–Crippen MR) is 166 cm³/mol. The monoisotopic (exact) mass is 552 g/mol. The molecular formula is C33H40N6O2. The van der Waals surface area contributed by atoms with Gasteiger partial charge in [-0.05, 0) is 99.2 Å². The van der Waals surface area contributed by atoms with Crippen LogP contribution in [0, 0.1) is 0 Å². The number of fused-ring (bicyclic) bond motifs is 2. The van der Waals surface area contributed by atoms with E-state index in [9.17, 15) is 4.79 Å². The number of aromatic amines is 2. The Morgan fingerprint density at radius 2 is 1.56 bits per heavy atom. The number of aromatic nitrogens is 4. The van der Waals surface area contributed by atoms with Crippen molar-refractivity contribution in [2.45, 2.75) is 64.9 Å². The Morgan fingerprint density at radius 1 is 0.854 bits per heavy atom. The highest BCUT2D eigenvalue weighted by Crippen LogP contribution is 2.29. The normalized spacial score (nSPS) is 11.8. The number of rotatable bonds is 11. The second kappa shape index (κ2) is 12.6. The van der Waals surface area contributed by atoms with Crippen molar-refractivity contribution >= 4 is 27.9 Å². The van der Waals surface area contributed by atoms with Gasteiger partial charge < -0.3 is 25.8 Å². The number of carbonyl (C=O) groups is 1. The average Bonchev–Trinajstić information content (AvgIpc) is 3.58. The number of H-pyrrole nitrogens is 2. The molecule has 0 saturated carbocycles. The zero-order valence-corrected chi connectivity index (χ0v) is 24.2. The maximum absolute atomic E-state index is 11.8. The van der Waals surface area contributed by atoms with Crippen LogP contribution in [0.25, 0.3) is 44.2 Å². The molecule has 0 fully saturated rings. The van der Waals surface area contributed by atoms with E-state index < -0.39 is 5.60 Å². The molecule has 8 heteroatoms. The molecule has 0 aliphatic carbocycles. The molecule has 5 aromatic rings. The molecule has 0 spiro atoms. The summed E-state index contributed by atoms with van der Waals surface area (Å²) in [5, 5.41) is 5.18. The summed E-state index contributed by atoms with van der Waals surface area (Å²) in [4.78, 5) is 28.1. The van der Waals surface area contributed by atoms with Crippen molar-refractivity contribution in [3.05, 3.63) is 72.4 Å². The highest BCUT2D eigenvalue weighted by atomic mass is 16.6. The van der Waals surface area contributed by atoms with E-state index in [4.69, 9.17) is 15.5 Å². The van der Waals surface area contributed by atoms with E-state index in [2.05, 4.69) is 74.9 Å². The fourth-order valence-electron chi connectivity index (χ4n) is 4.95. The number of ether oxygens (including phenoxy) is 1. The Labute approximate surface area is 241 Å². The zero-order valence-electron chi connectivity index (χ0n) is 24.2. The molecule has 41 heavy (non-hydrogen) atoms. The fourth-order valence-corrected chi connectivity index (χ4v) is 4.95. The van der Waals surface area contributed by atoms with Crippen LogP contribution in [0.4, 0.5) is 4.79 Å². The van der Waals surface area contributed by atoms with Gasteiger partial charge in [0.1, 0.15) is 17.2 Å². The zero-order chi connectivity index (χ0) is 28.8. The smallest absolute Gasteiger partial charge is 0.407 e. The number of imidazole rings is 2.